The van der Waals surface area contributed by atoms with Crippen LogP contribution in [0.5, 0.6) is 0 Å². The number of ether oxygens (including phenoxy) is 1. The predicted octanol–water partition coefficient (Wildman–Crippen LogP) is 8.20. The molecule has 2 heterocycles. The molecule has 2 saturated carbocycles. The average Bonchev–Trinajstić information content (AvgIpc) is 3.84. The highest BCUT2D eigenvalue weighted by Crippen LogP contribution is 2.55. The van der Waals surface area contributed by atoms with Gasteiger partial charge in [0.15, 0.2) is 0 Å². The molecule has 39 heavy (non-hydrogen) atoms. The van der Waals surface area contributed by atoms with Crippen LogP contribution in [-0.2, 0) is 11.3 Å². The van der Waals surface area contributed by atoms with Crippen LogP contribution in [0.2, 0.25) is 10.0 Å². The average molecular weight is 581 g/mol. The Kier molecular flexibility index (Phi) is 6.46. The number of rotatable bonds is 8. The number of tetrazole rings is 1. The van der Waals surface area contributed by atoms with Gasteiger partial charge in [0.05, 0.1) is 21.4 Å². The Labute approximate surface area is 240 Å². The van der Waals surface area contributed by atoms with Crippen LogP contribution in [0.1, 0.15) is 60.8 Å². The minimum absolute atomic E-state index is 0.330. The Bertz CT molecular complexity index is 1570. The molecule has 0 radical (unpaired) electrons. The number of nitrogens with zero attached hydrogens (tertiary/aromatic N) is 4. The maximum Gasteiger partial charge on any atom is 0.204 e. The SMILES string of the molecule is ClC1=C(C2CC2c2ccc(-c3nn[nH]n3)cc2)CCC(OCc2c(-c3c(Cl)cccc3Cl)noc2C2CC2)=C1. The highest BCUT2D eigenvalue weighted by atomic mass is 35.5. The second-order valence-electron chi connectivity index (χ2n) is 10.3. The first-order chi connectivity index (χ1) is 19.1. The van der Waals surface area contributed by atoms with Crippen molar-refractivity contribution < 1.29 is 9.26 Å². The summed E-state index contributed by atoms with van der Waals surface area (Å²) in [5, 5.41) is 20.4. The van der Waals surface area contributed by atoms with E-state index in [9.17, 15) is 0 Å². The van der Waals surface area contributed by atoms with E-state index < -0.39 is 0 Å². The summed E-state index contributed by atoms with van der Waals surface area (Å²) < 4.78 is 12.1. The Balaban J connectivity index is 1.06. The lowest BCUT2D eigenvalue weighted by atomic mass is 9.96. The second-order valence-corrected chi connectivity index (χ2v) is 11.5. The van der Waals surface area contributed by atoms with Gasteiger partial charge in [-0.1, -0.05) is 70.3 Å². The third kappa shape index (κ3) is 4.88. The van der Waals surface area contributed by atoms with Crippen LogP contribution in [-0.4, -0.2) is 25.8 Å². The van der Waals surface area contributed by atoms with Crippen LogP contribution in [0.3, 0.4) is 0 Å². The smallest absolute Gasteiger partial charge is 0.204 e. The molecule has 2 unspecified atom stereocenters. The lowest BCUT2D eigenvalue weighted by Gasteiger charge is -2.19. The number of H-pyrrole nitrogens is 1. The maximum atomic E-state index is 6.81. The van der Waals surface area contributed by atoms with E-state index in [0.29, 0.717) is 51.5 Å². The Morgan fingerprint density at radius 3 is 2.46 bits per heavy atom. The zero-order valence-corrected chi connectivity index (χ0v) is 23.1. The first kappa shape index (κ1) is 24.9. The van der Waals surface area contributed by atoms with Crippen molar-refractivity contribution in [2.24, 2.45) is 5.92 Å². The third-order valence-corrected chi connectivity index (χ3v) is 8.77. The zero-order valence-electron chi connectivity index (χ0n) is 20.8. The van der Waals surface area contributed by atoms with Gasteiger partial charge in [-0.2, -0.15) is 5.21 Å². The molecule has 3 aliphatic rings. The van der Waals surface area contributed by atoms with Crippen molar-refractivity contribution in [3.63, 3.8) is 0 Å². The van der Waals surface area contributed by atoms with Gasteiger partial charge in [-0.15, -0.1) is 10.2 Å². The highest BCUT2D eigenvalue weighted by molar-refractivity contribution is 6.39. The van der Waals surface area contributed by atoms with Crippen molar-refractivity contribution in [2.45, 2.75) is 50.5 Å². The third-order valence-electron chi connectivity index (χ3n) is 7.78. The van der Waals surface area contributed by atoms with Crippen LogP contribution in [0, 0.1) is 5.92 Å². The van der Waals surface area contributed by atoms with Crippen LogP contribution < -0.4 is 0 Å². The number of benzene rings is 2. The van der Waals surface area contributed by atoms with E-state index in [1.807, 2.05) is 36.4 Å². The number of hydrogen-bond acceptors (Lipinski definition) is 6. The largest absolute Gasteiger partial charge is 0.493 e. The van der Waals surface area contributed by atoms with Crippen molar-refractivity contribution >= 4 is 34.8 Å². The minimum atomic E-state index is 0.330. The predicted molar refractivity (Wildman–Crippen MR) is 149 cm³/mol. The molecule has 4 aromatic rings. The summed E-state index contributed by atoms with van der Waals surface area (Å²) in [6, 6.07) is 13.8. The summed E-state index contributed by atoms with van der Waals surface area (Å²) in [6.45, 7) is 0.330. The van der Waals surface area contributed by atoms with Crippen molar-refractivity contribution in [2.75, 3.05) is 0 Å². The first-order valence-electron chi connectivity index (χ1n) is 13.1. The molecule has 2 atom stereocenters. The van der Waals surface area contributed by atoms with Crippen LogP contribution in [0.25, 0.3) is 22.6 Å². The lowest BCUT2D eigenvalue weighted by Crippen LogP contribution is -2.04. The molecule has 198 valence electrons. The number of aromatic nitrogens is 5. The molecule has 7 rings (SSSR count). The summed E-state index contributed by atoms with van der Waals surface area (Å²) in [6.07, 6.45) is 6.93. The molecule has 0 spiro atoms. The Morgan fingerprint density at radius 1 is 0.974 bits per heavy atom. The summed E-state index contributed by atoms with van der Waals surface area (Å²) in [7, 11) is 0. The number of aromatic amines is 1. The van der Waals surface area contributed by atoms with Gasteiger partial charge in [-0.25, -0.2) is 0 Å². The van der Waals surface area contributed by atoms with E-state index in [-0.39, 0.29) is 0 Å². The molecule has 0 saturated heterocycles. The number of nitrogens with one attached hydrogen (secondary N) is 1. The van der Waals surface area contributed by atoms with Gasteiger partial charge in [0.1, 0.15) is 18.1 Å². The van der Waals surface area contributed by atoms with Gasteiger partial charge >= 0.3 is 0 Å². The fourth-order valence-electron chi connectivity index (χ4n) is 5.48. The zero-order chi connectivity index (χ0) is 26.5. The van der Waals surface area contributed by atoms with Crippen molar-refractivity contribution in [1.29, 1.82) is 0 Å². The highest BCUT2D eigenvalue weighted by Gasteiger charge is 2.42. The Morgan fingerprint density at radius 2 is 1.77 bits per heavy atom. The van der Waals surface area contributed by atoms with E-state index >= 15 is 0 Å². The van der Waals surface area contributed by atoms with Crippen LogP contribution in [0.15, 0.2) is 69.4 Å². The standard InChI is InChI=1S/C29H24Cl3N5O2/c30-23-2-1-3-24(31)26(23)27-22(28(39-35-27)16-6-7-16)14-38-18-10-11-19(25(32)12-18)21-13-20(21)15-4-8-17(9-5-15)29-33-36-37-34-29/h1-5,8-9,12,16,20-21H,6-7,10-11,13-14H2,(H,33,34,36,37). The number of halogens is 3. The summed E-state index contributed by atoms with van der Waals surface area (Å²) >= 11 is 19.8. The molecular weight excluding hydrogens is 557 g/mol. The van der Waals surface area contributed by atoms with Crippen LogP contribution in [0.4, 0.5) is 0 Å². The van der Waals surface area contributed by atoms with E-state index in [1.54, 1.807) is 0 Å². The van der Waals surface area contributed by atoms with Gasteiger partial charge < -0.3 is 9.26 Å². The summed E-state index contributed by atoms with van der Waals surface area (Å²) in [5.74, 6) is 3.64. The first-order valence-corrected chi connectivity index (χ1v) is 14.2. The van der Waals surface area contributed by atoms with E-state index in [1.165, 1.54) is 11.1 Å². The molecule has 2 aromatic heterocycles. The van der Waals surface area contributed by atoms with Crippen molar-refractivity contribution in [3.05, 3.63) is 91.8 Å². The molecule has 0 aliphatic heterocycles. The lowest BCUT2D eigenvalue weighted by molar-refractivity contribution is 0.186. The molecule has 1 N–H and O–H groups in total. The Hall–Kier alpha value is -3.13. The van der Waals surface area contributed by atoms with E-state index in [2.05, 4.69) is 37.9 Å². The molecule has 0 bridgehead atoms. The fraction of sp³-hybridized carbons (Fsp3) is 0.310. The molecule has 7 nitrogen and oxygen atoms in total. The summed E-state index contributed by atoms with van der Waals surface area (Å²) in [5.41, 5.74) is 5.80. The van der Waals surface area contributed by atoms with Gasteiger partial charge in [0.25, 0.3) is 0 Å². The van der Waals surface area contributed by atoms with Gasteiger partial charge in [-0.3, -0.25) is 0 Å². The van der Waals surface area contributed by atoms with Gasteiger partial charge in [-0.05, 0) is 72.1 Å². The minimum Gasteiger partial charge on any atom is -0.493 e. The molecule has 2 fully saturated rings. The quantitative estimate of drug-likeness (QED) is 0.226. The maximum absolute atomic E-state index is 6.81. The second kappa shape index (κ2) is 10.1. The van der Waals surface area contributed by atoms with Gasteiger partial charge in [0, 0.05) is 28.5 Å². The molecular formula is C29H24Cl3N5O2. The van der Waals surface area contributed by atoms with E-state index in [0.717, 1.165) is 59.8 Å². The molecule has 10 heteroatoms. The molecule has 3 aliphatic carbocycles. The molecule has 0 amide bonds. The van der Waals surface area contributed by atoms with Crippen LogP contribution >= 0.6 is 34.8 Å². The normalized spacial score (nSPS) is 20.7. The summed E-state index contributed by atoms with van der Waals surface area (Å²) in [4.78, 5) is 0. The van der Waals surface area contributed by atoms with Crippen molar-refractivity contribution in [3.8, 4) is 22.6 Å². The molecule has 2 aromatic carbocycles. The topological polar surface area (TPSA) is 89.7 Å². The number of hydrogen-bond donors (Lipinski definition) is 1. The van der Waals surface area contributed by atoms with Crippen molar-refractivity contribution in [1.82, 2.24) is 25.8 Å². The number of allylic oxidation sites excluding steroid dienone is 4. The fourth-order valence-corrected chi connectivity index (χ4v) is 6.42. The van der Waals surface area contributed by atoms with E-state index in [4.69, 9.17) is 44.1 Å². The monoisotopic (exact) mass is 579 g/mol. The van der Waals surface area contributed by atoms with Gasteiger partial charge in [0.2, 0.25) is 5.82 Å².